The van der Waals surface area contributed by atoms with E-state index in [-0.39, 0.29) is 25.0 Å². The molecule has 0 aliphatic heterocycles. The number of amides is 2. The van der Waals surface area contributed by atoms with Crippen molar-refractivity contribution in [2.75, 3.05) is 25.5 Å². The summed E-state index contributed by atoms with van der Waals surface area (Å²) in [6.45, 7) is 3.57. The highest BCUT2D eigenvalue weighted by Crippen LogP contribution is 2.30. The quantitative estimate of drug-likeness (QED) is 0.560. The van der Waals surface area contributed by atoms with Crippen LogP contribution in [0.15, 0.2) is 66.7 Å². The average Bonchev–Trinajstić information content (AvgIpc) is 2.76. The van der Waals surface area contributed by atoms with Gasteiger partial charge in [0, 0.05) is 12.7 Å². The van der Waals surface area contributed by atoms with E-state index in [2.05, 4.69) is 5.32 Å². The number of benzene rings is 3. The van der Waals surface area contributed by atoms with E-state index in [4.69, 9.17) is 16.3 Å². The molecule has 0 spiro atoms. The van der Waals surface area contributed by atoms with Crippen molar-refractivity contribution in [3.05, 3.63) is 82.9 Å². The Morgan fingerprint density at radius 2 is 1.61 bits per heavy atom. The molecule has 0 saturated carbocycles. The van der Waals surface area contributed by atoms with Crippen molar-refractivity contribution in [3.8, 4) is 16.9 Å². The van der Waals surface area contributed by atoms with E-state index in [1.165, 1.54) is 4.90 Å². The fourth-order valence-corrected chi connectivity index (χ4v) is 3.41. The zero-order valence-electron chi connectivity index (χ0n) is 17.8. The summed E-state index contributed by atoms with van der Waals surface area (Å²) in [6.07, 6.45) is 0. The first-order chi connectivity index (χ1) is 14.8. The summed E-state index contributed by atoms with van der Waals surface area (Å²) in [5.41, 5.74) is 4.72. The van der Waals surface area contributed by atoms with Gasteiger partial charge in [-0.05, 0) is 48.2 Å². The zero-order valence-corrected chi connectivity index (χ0v) is 18.6. The van der Waals surface area contributed by atoms with Gasteiger partial charge in [-0.3, -0.25) is 9.59 Å². The largest absolute Gasteiger partial charge is 0.482 e. The fourth-order valence-electron chi connectivity index (χ4n) is 3.17. The standard InChI is InChI=1S/C25H25ClN2O3/c1-17-8-7-9-18(2)25(17)27-23(29)15-28(3)24(30)16-31-22-13-12-20(14-21(22)26)19-10-5-4-6-11-19/h4-14H,15-16H2,1-3H3,(H,27,29). The molecule has 0 aromatic heterocycles. The summed E-state index contributed by atoms with van der Waals surface area (Å²) >= 11 is 6.33. The minimum absolute atomic E-state index is 0.0728. The molecule has 0 radical (unpaired) electrons. The predicted octanol–water partition coefficient (Wildman–Crippen LogP) is 5.10. The highest BCUT2D eigenvalue weighted by molar-refractivity contribution is 6.32. The highest BCUT2D eigenvalue weighted by atomic mass is 35.5. The van der Waals surface area contributed by atoms with Crippen molar-refractivity contribution in [1.29, 1.82) is 0 Å². The number of hydrogen-bond acceptors (Lipinski definition) is 3. The number of likely N-dealkylation sites (N-methyl/N-ethyl adjacent to an activating group) is 1. The van der Waals surface area contributed by atoms with Crippen LogP contribution in [0.25, 0.3) is 11.1 Å². The van der Waals surface area contributed by atoms with E-state index in [1.807, 2.05) is 68.4 Å². The summed E-state index contributed by atoms with van der Waals surface area (Å²) in [5, 5.41) is 3.30. The number of aryl methyl sites for hydroxylation is 2. The van der Waals surface area contributed by atoms with Gasteiger partial charge in [0.1, 0.15) is 5.75 Å². The second-order valence-electron chi connectivity index (χ2n) is 7.36. The van der Waals surface area contributed by atoms with Gasteiger partial charge in [-0.25, -0.2) is 0 Å². The topological polar surface area (TPSA) is 58.6 Å². The molecule has 0 aliphatic carbocycles. The SMILES string of the molecule is Cc1cccc(C)c1NC(=O)CN(C)C(=O)COc1ccc(-c2ccccc2)cc1Cl. The number of para-hydroxylation sites is 1. The molecule has 6 heteroatoms. The molecule has 160 valence electrons. The minimum atomic E-state index is -0.320. The van der Waals surface area contributed by atoms with Crippen LogP contribution in [-0.4, -0.2) is 36.9 Å². The molecule has 0 atom stereocenters. The summed E-state index contributed by atoms with van der Waals surface area (Å²) in [6, 6.07) is 21.1. The normalized spacial score (nSPS) is 10.5. The Balaban J connectivity index is 1.55. The third-order valence-electron chi connectivity index (χ3n) is 4.94. The number of anilines is 1. The van der Waals surface area contributed by atoms with Crippen LogP contribution in [-0.2, 0) is 9.59 Å². The summed E-state index contributed by atoms with van der Waals surface area (Å²) in [7, 11) is 1.57. The first kappa shape index (κ1) is 22.4. The van der Waals surface area contributed by atoms with Crippen LogP contribution in [0.5, 0.6) is 5.75 Å². The van der Waals surface area contributed by atoms with E-state index in [0.717, 1.165) is 27.9 Å². The number of hydrogen-bond donors (Lipinski definition) is 1. The van der Waals surface area contributed by atoms with Crippen molar-refractivity contribution in [3.63, 3.8) is 0 Å². The Hall–Kier alpha value is -3.31. The number of carbonyl (C=O) groups excluding carboxylic acids is 2. The molecule has 31 heavy (non-hydrogen) atoms. The molecule has 0 heterocycles. The van der Waals surface area contributed by atoms with Crippen LogP contribution in [0.3, 0.4) is 0 Å². The lowest BCUT2D eigenvalue weighted by molar-refractivity contribution is -0.135. The lowest BCUT2D eigenvalue weighted by Gasteiger charge is -2.18. The fraction of sp³-hybridized carbons (Fsp3) is 0.200. The summed E-state index contributed by atoms with van der Waals surface area (Å²) in [5.74, 6) is -0.165. The van der Waals surface area contributed by atoms with Crippen LogP contribution in [0, 0.1) is 13.8 Å². The Bertz CT molecular complexity index is 1060. The summed E-state index contributed by atoms with van der Waals surface area (Å²) < 4.78 is 5.59. The van der Waals surface area contributed by atoms with Gasteiger partial charge in [0.05, 0.1) is 11.6 Å². The molecule has 2 amide bonds. The zero-order chi connectivity index (χ0) is 22.4. The summed E-state index contributed by atoms with van der Waals surface area (Å²) in [4.78, 5) is 26.1. The molecule has 0 unspecified atom stereocenters. The number of ether oxygens (including phenoxy) is 1. The first-order valence-corrected chi connectivity index (χ1v) is 10.3. The molecular formula is C25H25ClN2O3. The van der Waals surface area contributed by atoms with Gasteiger partial charge in [0.25, 0.3) is 5.91 Å². The molecule has 3 rings (SSSR count). The molecule has 3 aromatic rings. The molecule has 5 nitrogen and oxygen atoms in total. The van der Waals surface area contributed by atoms with Gasteiger partial charge >= 0.3 is 0 Å². The monoisotopic (exact) mass is 436 g/mol. The number of nitrogens with zero attached hydrogens (tertiary/aromatic N) is 1. The van der Waals surface area contributed by atoms with E-state index in [9.17, 15) is 9.59 Å². The average molecular weight is 437 g/mol. The van der Waals surface area contributed by atoms with Crippen molar-refractivity contribution >= 4 is 29.1 Å². The van der Waals surface area contributed by atoms with Gasteiger partial charge < -0.3 is 15.0 Å². The molecule has 0 fully saturated rings. The van der Waals surface area contributed by atoms with E-state index < -0.39 is 0 Å². The van der Waals surface area contributed by atoms with Gasteiger partial charge in [-0.1, -0.05) is 66.2 Å². The van der Waals surface area contributed by atoms with Crippen molar-refractivity contribution in [2.45, 2.75) is 13.8 Å². The van der Waals surface area contributed by atoms with Gasteiger partial charge in [-0.2, -0.15) is 0 Å². The van der Waals surface area contributed by atoms with Crippen molar-refractivity contribution in [2.24, 2.45) is 0 Å². The Kier molecular flexibility index (Phi) is 7.32. The lowest BCUT2D eigenvalue weighted by atomic mass is 10.1. The Labute approximate surface area is 187 Å². The van der Waals surface area contributed by atoms with Crippen LogP contribution in [0.4, 0.5) is 5.69 Å². The van der Waals surface area contributed by atoms with Crippen molar-refractivity contribution in [1.82, 2.24) is 4.90 Å². The van der Waals surface area contributed by atoms with Crippen molar-refractivity contribution < 1.29 is 14.3 Å². The Morgan fingerprint density at radius 3 is 2.26 bits per heavy atom. The molecule has 1 N–H and O–H groups in total. The van der Waals surface area contributed by atoms with Crippen LogP contribution in [0.1, 0.15) is 11.1 Å². The van der Waals surface area contributed by atoms with Gasteiger partial charge in [0.2, 0.25) is 5.91 Å². The van der Waals surface area contributed by atoms with Gasteiger partial charge in [0.15, 0.2) is 6.61 Å². The molecular weight excluding hydrogens is 412 g/mol. The smallest absolute Gasteiger partial charge is 0.260 e. The van der Waals surface area contributed by atoms with Crippen LogP contribution >= 0.6 is 11.6 Å². The Morgan fingerprint density at radius 1 is 0.935 bits per heavy atom. The molecule has 0 aliphatic rings. The molecule has 3 aromatic carbocycles. The second kappa shape index (κ2) is 10.1. The number of nitrogens with one attached hydrogen (secondary N) is 1. The third-order valence-corrected chi connectivity index (χ3v) is 5.24. The third kappa shape index (κ3) is 5.86. The van der Waals surface area contributed by atoms with E-state index >= 15 is 0 Å². The number of halogens is 1. The highest BCUT2D eigenvalue weighted by Gasteiger charge is 2.16. The lowest BCUT2D eigenvalue weighted by Crippen LogP contribution is -2.37. The van der Waals surface area contributed by atoms with E-state index in [0.29, 0.717) is 10.8 Å². The number of carbonyl (C=O) groups is 2. The maximum Gasteiger partial charge on any atom is 0.260 e. The van der Waals surface area contributed by atoms with Crippen LogP contribution < -0.4 is 10.1 Å². The maximum atomic E-state index is 12.4. The first-order valence-electron chi connectivity index (χ1n) is 9.93. The minimum Gasteiger partial charge on any atom is -0.482 e. The van der Waals surface area contributed by atoms with Gasteiger partial charge in [-0.15, -0.1) is 0 Å². The molecule has 0 bridgehead atoms. The number of rotatable bonds is 7. The predicted molar refractivity (Wildman–Crippen MR) is 125 cm³/mol. The maximum absolute atomic E-state index is 12.4. The van der Waals surface area contributed by atoms with Crippen LogP contribution in [0.2, 0.25) is 5.02 Å². The molecule has 0 saturated heterocycles. The van der Waals surface area contributed by atoms with E-state index in [1.54, 1.807) is 19.2 Å². The second-order valence-corrected chi connectivity index (χ2v) is 7.77.